The van der Waals surface area contributed by atoms with Gasteiger partial charge in [-0.1, -0.05) is 106 Å². The molecular formula is C26H48Cl2HfSi2. The third kappa shape index (κ3) is 15.9. The Morgan fingerprint density at radius 3 is 0.968 bits per heavy atom. The Kier molecular flexibility index (Phi) is 19.4. The summed E-state index contributed by atoms with van der Waals surface area (Å²) in [6.45, 7) is 32.0. The molecule has 2 rings (SSSR count). The minimum Gasteiger partial charge on any atom is -1.00 e. The molecule has 0 fully saturated rings. The average molecular weight is 666 g/mol. The minimum absolute atomic E-state index is 0. The fraction of sp³-hybridized carbons (Fsp3) is 0.615. The molecule has 5 heteroatoms. The van der Waals surface area contributed by atoms with E-state index < -0.39 is 7.59 Å². The summed E-state index contributed by atoms with van der Waals surface area (Å²) < 4.78 is 0. The van der Waals surface area contributed by atoms with E-state index in [2.05, 4.69) is 120 Å². The van der Waals surface area contributed by atoms with Crippen molar-refractivity contribution in [3.8, 4) is 0 Å². The molecule has 178 valence electrons. The van der Waals surface area contributed by atoms with Crippen molar-refractivity contribution in [2.75, 3.05) is 0 Å². The normalized spacial score (nSPS) is 11.3. The molecule has 0 atom stereocenters. The molecule has 0 radical (unpaired) electrons. The summed E-state index contributed by atoms with van der Waals surface area (Å²) in [5, 5.41) is 0. The summed E-state index contributed by atoms with van der Waals surface area (Å²) in [6.07, 6.45) is 0. The van der Waals surface area contributed by atoms with Crippen molar-refractivity contribution in [3.05, 3.63) is 57.6 Å². The van der Waals surface area contributed by atoms with Crippen molar-refractivity contribution in [1.29, 1.82) is 0 Å². The van der Waals surface area contributed by atoms with Crippen molar-refractivity contribution < 1.29 is 50.7 Å². The summed E-state index contributed by atoms with van der Waals surface area (Å²) in [4.78, 5) is 0. The van der Waals surface area contributed by atoms with E-state index in [0.29, 0.717) is 19.9 Å². The summed E-state index contributed by atoms with van der Waals surface area (Å²) in [5.41, 5.74) is 9.19. The Hall–Kier alpha value is 0.584. The van der Waals surface area contributed by atoms with Gasteiger partial charge in [0.25, 0.3) is 0 Å². The molecule has 0 saturated heterocycles. The molecule has 0 aliphatic rings. The molecule has 0 heterocycles. The number of rotatable bonds is 1. The van der Waals surface area contributed by atoms with Crippen LogP contribution in [0.4, 0.5) is 0 Å². The molecule has 0 nitrogen and oxygen atoms in total. The Morgan fingerprint density at radius 2 is 0.903 bits per heavy atom. The standard InChI is InChI=1S/2C11H17.C4H14Si2.2ClH.Hf/c2*1-8-6-9(2)10(7-8)11(3,4)5;1-5-6(2,3)4;;;/h2*6-7H,1-5H3;5H2,1-4H3;2*1H;/q2*-1;;;;+4/p-2. The molecule has 0 amide bonds. The van der Waals surface area contributed by atoms with Crippen LogP contribution in [0.2, 0.25) is 26.2 Å². The van der Waals surface area contributed by atoms with Gasteiger partial charge in [0.1, 0.15) is 0 Å². The summed E-state index contributed by atoms with van der Waals surface area (Å²) >= 11 is 0. The van der Waals surface area contributed by atoms with E-state index >= 15 is 0 Å². The van der Waals surface area contributed by atoms with Crippen LogP contribution in [-0.2, 0) is 36.7 Å². The summed E-state index contributed by atoms with van der Waals surface area (Å²) in [5.74, 6) is 0. The smallest absolute Gasteiger partial charge is 1.00 e. The average Bonchev–Trinajstić information content (AvgIpc) is 3.00. The number of hydrogen-bond donors (Lipinski definition) is 0. The van der Waals surface area contributed by atoms with Crippen LogP contribution in [0.5, 0.6) is 0 Å². The van der Waals surface area contributed by atoms with Crippen LogP contribution in [0.25, 0.3) is 0 Å². The molecule has 0 spiro atoms. The second-order valence-corrected chi connectivity index (χ2v) is 26.0. The van der Waals surface area contributed by atoms with E-state index in [1.54, 1.807) is 0 Å². The van der Waals surface area contributed by atoms with Gasteiger partial charge in [0.05, 0.1) is 0 Å². The van der Waals surface area contributed by atoms with Crippen molar-refractivity contribution in [1.82, 2.24) is 0 Å². The van der Waals surface area contributed by atoms with Gasteiger partial charge in [-0.05, 0) is 0 Å². The van der Waals surface area contributed by atoms with E-state index in [1.165, 1.54) is 33.4 Å². The predicted molar refractivity (Wildman–Crippen MR) is 138 cm³/mol. The zero-order chi connectivity index (χ0) is 22.5. The fourth-order valence-corrected chi connectivity index (χ4v) is 3.22. The van der Waals surface area contributed by atoms with Crippen LogP contribution in [0, 0.1) is 27.7 Å². The van der Waals surface area contributed by atoms with E-state index in [1.807, 2.05) is 0 Å². The first kappa shape index (κ1) is 38.8. The maximum absolute atomic E-state index is 2.44. The van der Waals surface area contributed by atoms with Crippen LogP contribution >= 0.6 is 0 Å². The van der Waals surface area contributed by atoms with Gasteiger partial charge in [0.2, 0.25) is 0 Å². The fourth-order valence-electron chi connectivity index (χ4n) is 3.22. The molecule has 0 N–H and O–H groups in total. The van der Waals surface area contributed by atoms with Crippen LogP contribution in [0.3, 0.4) is 0 Å². The molecule has 0 aliphatic carbocycles. The zero-order valence-corrected chi connectivity index (χ0v) is 30.3. The molecule has 31 heavy (non-hydrogen) atoms. The van der Waals surface area contributed by atoms with E-state index in [9.17, 15) is 0 Å². The molecule has 0 unspecified atom stereocenters. The van der Waals surface area contributed by atoms with Gasteiger partial charge < -0.3 is 24.8 Å². The van der Waals surface area contributed by atoms with Crippen LogP contribution in [-0.4, -0.2) is 16.6 Å². The Balaban J connectivity index is -0.000000175. The Labute approximate surface area is 229 Å². The number of hydrogen-bond acceptors (Lipinski definition) is 0. The van der Waals surface area contributed by atoms with Crippen molar-refractivity contribution in [2.45, 2.75) is 106 Å². The van der Waals surface area contributed by atoms with Crippen LogP contribution in [0.1, 0.15) is 74.9 Å². The molecule has 0 bridgehead atoms. The maximum atomic E-state index is 2.44. The van der Waals surface area contributed by atoms with Crippen LogP contribution in [0.15, 0.2) is 24.3 Å². The van der Waals surface area contributed by atoms with Crippen LogP contribution < -0.4 is 24.8 Å². The van der Waals surface area contributed by atoms with Gasteiger partial charge in [0, 0.05) is 16.6 Å². The molecular weight excluding hydrogens is 618 g/mol. The van der Waals surface area contributed by atoms with Gasteiger partial charge in [-0.15, -0.1) is 0 Å². The largest absolute Gasteiger partial charge is 4.00 e. The number of halogens is 2. The molecule has 2 aromatic carbocycles. The van der Waals surface area contributed by atoms with E-state index in [-0.39, 0.29) is 50.7 Å². The second kappa shape index (κ2) is 15.5. The first-order chi connectivity index (χ1) is 12.4. The summed E-state index contributed by atoms with van der Waals surface area (Å²) in [6, 6.07) is 9.08. The van der Waals surface area contributed by atoms with Crippen molar-refractivity contribution >= 4 is 16.6 Å². The first-order valence-corrected chi connectivity index (χ1v) is 18.1. The Bertz CT molecular complexity index is 668. The maximum Gasteiger partial charge on any atom is 4.00 e. The SMILES string of the molecule is C[SiH2][Si](C)(C)C.Cc1cc(C(C)(C)C)c(C)[cH-]1.Cc1cc(C(C)(C)C)c(C)[cH-]1.[Cl-].[Cl-].[Hf+4]. The predicted octanol–water partition coefficient (Wildman–Crippen LogP) is 1.68. The van der Waals surface area contributed by atoms with Gasteiger partial charge in [-0.2, -0.15) is 45.5 Å². The first-order valence-electron chi connectivity index (χ1n) is 10.9. The topological polar surface area (TPSA) is 0 Å². The van der Waals surface area contributed by atoms with Gasteiger partial charge >= 0.3 is 25.8 Å². The zero-order valence-electron chi connectivity index (χ0n) is 22.8. The van der Waals surface area contributed by atoms with Crippen molar-refractivity contribution in [2.24, 2.45) is 0 Å². The number of aryl methyl sites for hydroxylation is 4. The Morgan fingerprint density at radius 1 is 0.677 bits per heavy atom. The van der Waals surface area contributed by atoms with E-state index in [0.717, 1.165) is 0 Å². The molecule has 0 saturated carbocycles. The van der Waals surface area contributed by atoms with Gasteiger partial charge in [-0.3, -0.25) is 0 Å². The minimum atomic E-state index is -0.492. The third-order valence-electron chi connectivity index (χ3n) is 5.16. The molecule has 0 aliphatic heterocycles. The van der Waals surface area contributed by atoms with Gasteiger partial charge in [-0.25, -0.2) is 12.1 Å². The third-order valence-corrected chi connectivity index (χ3v) is 13.6. The van der Waals surface area contributed by atoms with E-state index in [4.69, 9.17) is 0 Å². The summed E-state index contributed by atoms with van der Waals surface area (Å²) in [7, 11) is -0.101. The second-order valence-electron chi connectivity index (χ2n) is 11.7. The quantitative estimate of drug-likeness (QED) is 0.322. The van der Waals surface area contributed by atoms with Gasteiger partial charge in [0.15, 0.2) is 0 Å². The molecule has 2 aromatic rings. The monoisotopic (exact) mass is 666 g/mol. The van der Waals surface area contributed by atoms with Crippen molar-refractivity contribution in [3.63, 3.8) is 0 Å². The molecule has 0 aromatic heterocycles.